The molecule has 0 radical (unpaired) electrons. The molecule has 16 heavy (non-hydrogen) atoms. The van der Waals surface area contributed by atoms with Crippen LogP contribution in [0.3, 0.4) is 0 Å². The van der Waals surface area contributed by atoms with E-state index in [1.54, 1.807) is 0 Å². The topological polar surface area (TPSA) is 29.1 Å². The van der Waals surface area contributed by atoms with E-state index in [2.05, 4.69) is 5.32 Å². The monoisotopic (exact) mass is 223 g/mol. The van der Waals surface area contributed by atoms with Crippen LogP contribution in [0.15, 0.2) is 0 Å². The second-order valence-corrected chi connectivity index (χ2v) is 5.58. The molecule has 1 saturated heterocycles. The van der Waals surface area contributed by atoms with Crippen LogP contribution in [0.4, 0.5) is 0 Å². The number of hydrogen-bond acceptors (Lipinski definition) is 2. The van der Waals surface area contributed by atoms with Crippen LogP contribution < -0.4 is 5.32 Å². The van der Waals surface area contributed by atoms with Gasteiger partial charge in [-0.25, -0.2) is 0 Å². The minimum absolute atomic E-state index is 0.513. The molecular formula is C14H25NO. The molecule has 2 rings (SSSR count). The summed E-state index contributed by atoms with van der Waals surface area (Å²) in [5.41, 5.74) is 0. The van der Waals surface area contributed by atoms with Gasteiger partial charge in [0.1, 0.15) is 5.78 Å². The number of hydrogen-bond donors (Lipinski definition) is 1. The van der Waals surface area contributed by atoms with Crippen molar-refractivity contribution in [2.45, 2.75) is 70.3 Å². The minimum Gasteiger partial charge on any atom is -0.314 e. The summed E-state index contributed by atoms with van der Waals surface area (Å²) < 4.78 is 0. The maximum atomic E-state index is 11.8. The highest BCUT2D eigenvalue weighted by molar-refractivity contribution is 5.78. The highest BCUT2D eigenvalue weighted by Crippen LogP contribution is 2.28. The van der Waals surface area contributed by atoms with Gasteiger partial charge in [0.2, 0.25) is 0 Å². The normalized spacial score (nSPS) is 27.1. The highest BCUT2D eigenvalue weighted by atomic mass is 16.1. The smallest absolute Gasteiger partial charge is 0.133 e. The lowest BCUT2D eigenvalue weighted by Gasteiger charge is -2.23. The van der Waals surface area contributed by atoms with Crippen molar-refractivity contribution in [3.63, 3.8) is 0 Å². The van der Waals surface area contributed by atoms with Gasteiger partial charge in [-0.05, 0) is 31.7 Å². The van der Waals surface area contributed by atoms with E-state index < -0.39 is 0 Å². The standard InChI is InChI=1S/C14H25NO/c16-14(11-12-5-1-2-6-12)9-8-13-7-3-4-10-15-13/h12-13,15H,1-11H2. The van der Waals surface area contributed by atoms with E-state index in [-0.39, 0.29) is 0 Å². The summed E-state index contributed by atoms with van der Waals surface area (Å²) in [7, 11) is 0. The Balaban J connectivity index is 1.59. The number of carbonyl (C=O) groups is 1. The average Bonchev–Trinajstić information content (AvgIpc) is 2.81. The lowest BCUT2D eigenvalue weighted by atomic mass is 9.95. The first-order valence-electron chi connectivity index (χ1n) is 7.09. The maximum absolute atomic E-state index is 11.8. The van der Waals surface area contributed by atoms with Gasteiger partial charge >= 0.3 is 0 Å². The van der Waals surface area contributed by atoms with Crippen LogP contribution in [0.25, 0.3) is 0 Å². The molecule has 1 heterocycles. The zero-order valence-electron chi connectivity index (χ0n) is 10.3. The van der Waals surface area contributed by atoms with Crippen LogP contribution in [-0.4, -0.2) is 18.4 Å². The zero-order chi connectivity index (χ0) is 11.2. The lowest BCUT2D eigenvalue weighted by molar-refractivity contribution is -0.120. The van der Waals surface area contributed by atoms with Crippen LogP contribution in [0.5, 0.6) is 0 Å². The molecule has 2 fully saturated rings. The third kappa shape index (κ3) is 3.89. The van der Waals surface area contributed by atoms with Gasteiger partial charge in [0.25, 0.3) is 0 Å². The second kappa shape index (κ2) is 6.39. The van der Waals surface area contributed by atoms with Crippen molar-refractivity contribution in [1.29, 1.82) is 0 Å². The van der Waals surface area contributed by atoms with Gasteiger partial charge in [0.05, 0.1) is 0 Å². The zero-order valence-corrected chi connectivity index (χ0v) is 10.3. The first-order chi connectivity index (χ1) is 7.84. The third-order valence-corrected chi connectivity index (χ3v) is 4.18. The van der Waals surface area contributed by atoms with E-state index in [1.807, 2.05) is 0 Å². The fourth-order valence-corrected chi connectivity index (χ4v) is 3.14. The van der Waals surface area contributed by atoms with E-state index in [9.17, 15) is 4.79 Å². The SMILES string of the molecule is O=C(CCC1CCCCN1)CC1CCCC1. The predicted molar refractivity (Wildman–Crippen MR) is 66.5 cm³/mol. The van der Waals surface area contributed by atoms with Crippen LogP contribution in [0, 0.1) is 5.92 Å². The summed E-state index contributed by atoms with van der Waals surface area (Å²) in [6.07, 6.45) is 12.0. The van der Waals surface area contributed by atoms with E-state index in [0.29, 0.717) is 11.8 Å². The second-order valence-electron chi connectivity index (χ2n) is 5.58. The Kier molecular flexibility index (Phi) is 4.83. The lowest BCUT2D eigenvalue weighted by Crippen LogP contribution is -2.34. The van der Waals surface area contributed by atoms with E-state index >= 15 is 0 Å². The largest absolute Gasteiger partial charge is 0.314 e. The van der Waals surface area contributed by atoms with Crippen molar-refractivity contribution >= 4 is 5.78 Å². The summed E-state index contributed by atoms with van der Waals surface area (Å²) >= 11 is 0. The number of Topliss-reactive ketones (excluding diaryl/α,β-unsaturated/α-hetero) is 1. The fourth-order valence-electron chi connectivity index (χ4n) is 3.14. The molecule has 2 nitrogen and oxygen atoms in total. The van der Waals surface area contributed by atoms with Crippen molar-refractivity contribution in [2.75, 3.05) is 6.54 Å². The number of piperidine rings is 1. The van der Waals surface area contributed by atoms with Crippen LogP contribution >= 0.6 is 0 Å². The molecular weight excluding hydrogens is 198 g/mol. The Hall–Kier alpha value is -0.370. The van der Waals surface area contributed by atoms with Gasteiger partial charge in [-0.2, -0.15) is 0 Å². The van der Waals surface area contributed by atoms with Gasteiger partial charge in [-0.3, -0.25) is 4.79 Å². The number of nitrogens with one attached hydrogen (secondary N) is 1. The highest BCUT2D eigenvalue weighted by Gasteiger charge is 2.19. The fraction of sp³-hybridized carbons (Fsp3) is 0.929. The molecule has 0 aromatic carbocycles. The number of carbonyl (C=O) groups excluding carboxylic acids is 1. The third-order valence-electron chi connectivity index (χ3n) is 4.18. The number of ketones is 1. The van der Waals surface area contributed by atoms with Crippen LogP contribution in [-0.2, 0) is 4.79 Å². The molecule has 0 spiro atoms. The quantitative estimate of drug-likeness (QED) is 0.776. The molecule has 1 aliphatic heterocycles. The van der Waals surface area contributed by atoms with Crippen molar-refractivity contribution in [1.82, 2.24) is 5.32 Å². The Morgan fingerprint density at radius 1 is 1.06 bits per heavy atom. The molecule has 0 aromatic heterocycles. The molecule has 2 aliphatic rings. The summed E-state index contributed by atoms with van der Waals surface area (Å²) in [6, 6.07) is 0.626. The Morgan fingerprint density at radius 2 is 1.81 bits per heavy atom. The van der Waals surface area contributed by atoms with Crippen molar-refractivity contribution in [2.24, 2.45) is 5.92 Å². The van der Waals surface area contributed by atoms with Crippen molar-refractivity contribution in [3.05, 3.63) is 0 Å². The molecule has 0 aromatic rings. The molecule has 1 saturated carbocycles. The maximum Gasteiger partial charge on any atom is 0.133 e. The number of rotatable bonds is 5. The Bertz CT molecular complexity index is 215. The first kappa shape index (κ1) is 12.1. The first-order valence-corrected chi connectivity index (χ1v) is 7.09. The summed E-state index contributed by atoms with van der Waals surface area (Å²) in [5.74, 6) is 1.24. The predicted octanol–water partition coefficient (Wildman–Crippen LogP) is 3.06. The molecule has 2 heteroatoms. The van der Waals surface area contributed by atoms with E-state index in [4.69, 9.17) is 0 Å². The summed E-state index contributed by atoms with van der Waals surface area (Å²) in [4.78, 5) is 11.8. The van der Waals surface area contributed by atoms with E-state index in [1.165, 1.54) is 44.9 Å². The molecule has 1 N–H and O–H groups in total. The van der Waals surface area contributed by atoms with Gasteiger partial charge in [-0.1, -0.05) is 32.1 Å². The van der Waals surface area contributed by atoms with Gasteiger partial charge in [-0.15, -0.1) is 0 Å². The van der Waals surface area contributed by atoms with Gasteiger partial charge in [0, 0.05) is 18.9 Å². The Labute approximate surface area is 99.2 Å². The van der Waals surface area contributed by atoms with Crippen LogP contribution in [0.1, 0.15) is 64.2 Å². The van der Waals surface area contributed by atoms with Crippen molar-refractivity contribution in [3.8, 4) is 0 Å². The molecule has 1 atom stereocenters. The summed E-state index contributed by atoms with van der Waals surface area (Å²) in [6.45, 7) is 1.15. The molecule has 0 bridgehead atoms. The van der Waals surface area contributed by atoms with Crippen molar-refractivity contribution < 1.29 is 4.79 Å². The molecule has 1 unspecified atom stereocenters. The van der Waals surface area contributed by atoms with Gasteiger partial charge in [0.15, 0.2) is 0 Å². The average molecular weight is 223 g/mol. The van der Waals surface area contributed by atoms with E-state index in [0.717, 1.165) is 31.7 Å². The minimum atomic E-state index is 0.513. The molecule has 92 valence electrons. The Morgan fingerprint density at radius 3 is 2.50 bits per heavy atom. The molecule has 0 amide bonds. The molecule has 1 aliphatic carbocycles. The van der Waals surface area contributed by atoms with Crippen LogP contribution in [0.2, 0.25) is 0 Å². The summed E-state index contributed by atoms with van der Waals surface area (Å²) in [5, 5.41) is 3.52. The van der Waals surface area contributed by atoms with Gasteiger partial charge < -0.3 is 5.32 Å².